The Kier molecular flexibility index (Phi) is 7.01. The summed E-state index contributed by atoms with van der Waals surface area (Å²) < 4.78 is 5.41. The lowest BCUT2D eigenvalue weighted by Gasteiger charge is -2.06. The molecule has 0 spiro atoms. The number of halogens is 1. The monoisotopic (exact) mass is 277 g/mol. The Hall–Kier alpha value is -1.51. The molecule has 2 N–H and O–H groups in total. The fraction of sp³-hybridized carbons (Fsp3) is 0.250. The van der Waals surface area contributed by atoms with E-state index in [2.05, 4.69) is 23.9 Å². The van der Waals surface area contributed by atoms with E-state index in [0.29, 0.717) is 6.61 Å². The number of ether oxygens (including phenoxy) is 1. The molecular formula is C16H20ClNO. The topological polar surface area (TPSA) is 35.2 Å². The van der Waals surface area contributed by atoms with Crippen molar-refractivity contribution in [3.8, 4) is 5.75 Å². The second-order valence-electron chi connectivity index (χ2n) is 3.85. The number of hydrogen-bond donors (Lipinski definition) is 1. The van der Waals surface area contributed by atoms with Crippen molar-refractivity contribution in [3.63, 3.8) is 0 Å². The standard InChI is InChI=1S/C15H15ClO.CH5N/c1-2-17-14-9-7-12(8-10-14)11-13-5-3-4-6-15(13)16;1-2/h3-10H,2,11H2,1H3;2H2,1H3. The Labute approximate surface area is 120 Å². The van der Waals surface area contributed by atoms with Crippen LogP contribution in [0.4, 0.5) is 0 Å². The van der Waals surface area contributed by atoms with Gasteiger partial charge in [0.25, 0.3) is 0 Å². The lowest BCUT2D eigenvalue weighted by atomic mass is 10.1. The van der Waals surface area contributed by atoms with Crippen LogP contribution in [-0.2, 0) is 6.42 Å². The Bertz CT molecular complexity index is 482. The minimum Gasteiger partial charge on any atom is -0.494 e. The molecule has 0 unspecified atom stereocenters. The third-order valence-electron chi connectivity index (χ3n) is 2.59. The van der Waals surface area contributed by atoms with Crippen molar-refractivity contribution < 1.29 is 4.74 Å². The molecule has 102 valence electrons. The second-order valence-corrected chi connectivity index (χ2v) is 4.25. The minimum atomic E-state index is 0.698. The number of hydrogen-bond acceptors (Lipinski definition) is 2. The van der Waals surface area contributed by atoms with E-state index in [9.17, 15) is 0 Å². The van der Waals surface area contributed by atoms with Crippen LogP contribution >= 0.6 is 11.6 Å². The Balaban J connectivity index is 0.000000861. The fourth-order valence-corrected chi connectivity index (χ4v) is 1.93. The maximum Gasteiger partial charge on any atom is 0.119 e. The molecule has 2 aromatic rings. The van der Waals surface area contributed by atoms with E-state index in [1.165, 1.54) is 12.6 Å². The van der Waals surface area contributed by atoms with Crippen LogP contribution in [0.5, 0.6) is 5.75 Å². The van der Waals surface area contributed by atoms with E-state index in [4.69, 9.17) is 16.3 Å². The quantitative estimate of drug-likeness (QED) is 0.920. The maximum atomic E-state index is 6.13. The average Bonchev–Trinajstić information content (AvgIpc) is 2.46. The third-order valence-corrected chi connectivity index (χ3v) is 2.96. The molecule has 0 aliphatic heterocycles. The summed E-state index contributed by atoms with van der Waals surface area (Å²) >= 11 is 6.13. The highest BCUT2D eigenvalue weighted by atomic mass is 35.5. The van der Waals surface area contributed by atoms with Gasteiger partial charge >= 0.3 is 0 Å². The highest BCUT2D eigenvalue weighted by Crippen LogP contribution is 2.20. The molecule has 3 heteroatoms. The van der Waals surface area contributed by atoms with Gasteiger partial charge in [-0.05, 0) is 49.7 Å². The van der Waals surface area contributed by atoms with Crippen molar-refractivity contribution >= 4 is 11.6 Å². The molecule has 0 radical (unpaired) electrons. The molecule has 2 aromatic carbocycles. The van der Waals surface area contributed by atoms with Crippen LogP contribution < -0.4 is 10.5 Å². The predicted octanol–water partition coefficient (Wildman–Crippen LogP) is 3.90. The first kappa shape index (κ1) is 15.5. The molecule has 0 bridgehead atoms. The second kappa shape index (κ2) is 8.57. The molecule has 0 aliphatic rings. The van der Waals surface area contributed by atoms with E-state index in [1.54, 1.807) is 0 Å². The van der Waals surface area contributed by atoms with E-state index in [1.807, 2.05) is 37.3 Å². The van der Waals surface area contributed by atoms with Gasteiger partial charge in [-0.1, -0.05) is 41.9 Å². The molecule has 19 heavy (non-hydrogen) atoms. The Morgan fingerprint density at radius 2 is 1.63 bits per heavy atom. The molecule has 2 nitrogen and oxygen atoms in total. The first-order valence-electron chi connectivity index (χ1n) is 6.32. The van der Waals surface area contributed by atoms with Crippen molar-refractivity contribution in [1.82, 2.24) is 0 Å². The summed E-state index contributed by atoms with van der Waals surface area (Å²) in [6.45, 7) is 2.68. The summed E-state index contributed by atoms with van der Waals surface area (Å²) in [5, 5.41) is 0.821. The lowest BCUT2D eigenvalue weighted by Crippen LogP contribution is -1.92. The third kappa shape index (κ3) is 4.93. The molecule has 0 atom stereocenters. The Morgan fingerprint density at radius 3 is 2.21 bits per heavy atom. The molecule has 0 amide bonds. The SMILES string of the molecule is CCOc1ccc(Cc2ccccc2Cl)cc1.CN. The number of benzene rings is 2. The van der Waals surface area contributed by atoms with Gasteiger partial charge in [-0.3, -0.25) is 0 Å². The zero-order chi connectivity index (χ0) is 14.1. The largest absolute Gasteiger partial charge is 0.494 e. The summed E-state index contributed by atoms with van der Waals surface area (Å²) in [5.41, 5.74) is 6.89. The molecule has 0 saturated carbocycles. The van der Waals surface area contributed by atoms with Crippen molar-refractivity contribution in [2.75, 3.05) is 13.7 Å². The van der Waals surface area contributed by atoms with Crippen LogP contribution in [-0.4, -0.2) is 13.7 Å². The molecule has 0 saturated heterocycles. The van der Waals surface area contributed by atoms with Crippen molar-refractivity contribution in [1.29, 1.82) is 0 Å². The zero-order valence-corrected chi connectivity index (χ0v) is 12.2. The fourth-order valence-electron chi connectivity index (χ4n) is 1.73. The van der Waals surface area contributed by atoms with Gasteiger partial charge in [-0.2, -0.15) is 0 Å². The summed E-state index contributed by atoms with van der Waals surface area (Å²) in [7, 11) is 1.50. The van der Waals surface area contributed by atoms with Crippen LogP contribution in [0.2, 0.25) is 5.02 Å². The van der Waals surface area contributed by atoms with Gasteiger partial charge in [0.15, 0.2) is 0 Å². The highest BCUT2D eigenvalue weighted by molar-refractivity contribution is 6.31. The normalized spacial score (nSPS) is 9.47. The molecule has 0 aliphatic carbocycles. The number of rotatable bonds is 4. The molecule has 0 heterocycles. The molecular weight excluding hydrogens is 258 g/mol. The van der Waals surface area contributed by atoms with E-state index in [-0.39, 0.29) is 0 Å². The van der Waals surface area contributed by atoms with Gasteiger partial charge in [-0.15, -0.1) is 0 Å². The first-order chi connectivity index (χ1) is 9.29. The van der Waals surface area contributed by atoms with E-state index in [0.717, 1.165) is 22.8 Å². The summed E-state index contributed by atoms with van der Waals surface area (Å²) in [6, 6.07) is 16.1. The summed E-state index contributed by atoms with van der Waals surface area (Å²) in [5.74, 6) is 0.912. The predicted molar refractivity (Wildman–Crippen MR) is 82.0 cm³/mol. The van der Waals surface area contributed by atoms with Crippen LogP contribution in [0.15, 0.2) is 48.5 Å². The van der Waals surface area contributed by atoms with E-state index < -0.39 is 0 Å². The van der Waals surface area contributed by atoms with Gasteiger partial charge in [0.05, 0.1) is 6.61 Å². The minimum absolute atomic E-state index is 0.698. The summed E-state index contributed by atoms with van der Waals surface area (Å²) in [4.78, 5) is 0. The summed E-state index contributed by atoms with van der Waals surface area (Å²) in [6.07, 6.45) is 0.853. The van der Waals surface area contributed by atoms with Gasteiger partial charge in [0, 0.05) is 5.02 Å². The van der Waals surface area contributed by atoms with Gasteiger partial charge in [-0.25, -0.2) is 0 Å². The van der Waals surface area contributed by atoms with Crippen LogP contribution in [0, 0.1) is 0 Å². The van der Waals surface area contributed by atoms with Crippen molar-refractivity contribution in [2.45, 2.75) is 13.3 Å². The Morgan fingerprint density at radius 1 is 1.00 bits per heavy atom. The van der Waals surface area contributed by atoms with Crippen LogP contribution in [0.3, 0.4) is 0 Å². The average molecular weight is 278 g/mol. The van der Waals surface area contributed by atoms with Crippen molar-refractivity contribution in [2.24, 2.45) is 5.73 Å². The van der Waals surface area contributed by atoms with Crippen LogP contribution in [0.25, 0.3) is 0 Å². The smallest absolute Gasteiger partial charge is 0.119 e. The van der Waals surface area contributed by atoms with Crippen molar-refractivity contribution in [3.05, 3.63) is 64.7 Å². The van der Waals surface area contributed by atoms with Gasteiger partial charge < -0.3 is 10.5 Å². The lowest BCUT2D eigenvalue weighted by molar-refractivity contribution is 0.340. The molecule has 0 aromatic heterocycles. The highest BCUT2D eigenvalue weighted by Gasteiger charge is 2.01. The zero-order valence-electron chi connectivity index (χ0n) is 11.4. The first-order valence-corrected chi connectivity index (χ1v) is 6.70. The molecule has 2 rings (SSSR count). The van der Waals surface area contributed by atoms with Gasteiger partial charge in [0.1, 0.15) is 5.75 Å². The van der Waals surface area contributed by atoms with Gasteiger partial charge in [0.2, 0.25) is 0 Å². The van der Waals surface area contributed by atoms with Crippen LogP contribution in [0.1, 0.15) is 18.1 Å². The van der Waals surface area contributed by atoms with E-state index >= 15 is 0 Å². The molecule has 0 fully saturated rings. The maximum absolute atomic E-state index is 6.13. The number of nitrogens with two attached hydrogens (primary N) is 1.